The van der Waals surface area contributed by atoms with Gasteiger partial charge in [0.05, 0.1) is 5.92 Å². The monoisotopic (exact) mass is 214 g/mol. The van der Waals surface area contributed by atoms with Gasteiger partial charge in [-0.05, 0) is 19.9 Å². The van der Waals surface area contributed by atoms with Gasteiger partial charge >= 0.3 is 5.97 Å². The van der Waals surface area contributed by atoms with Gasteiger partial charge in [0.15, 0.2) is 0 Å². The third-order valence-electron chi connectivity index (χ3n) is 2.90. The first-order chi connectivity index (χ1) is 7.13. The largest absolute Gasteiger partial charge is 0.481 e. The Hall–Kier alpha value is -0.610. The Morgan fingerprint density at radius 2 is 2.27 bits per heavy atom. The average molecular weight is 214 g/mol. The fourth-order valence-electron chi connectivity index (χ4n) is 1.98. The molecular formula is C11H22N2O2. The SMILES string of the molecule is CCCCN1CC(C)NCC(C(=O)O)C1. The number of hydrogen-bond donors (Lipinski definition) is 2. The molecule has 4 nitrogen and oxygen atoms in total. The minimum atomic E-state index is -0.682. The second-order valence-electron chi connectivity index (χ2n) is 4.46. The van der Waals surface area contributed by atoms with Gasteiger partial charge < -0.3 is 15.3 Å². The Morgan fingerprint density at radius 3 is 2.87 bits per heavy atom. The molecule has 1 aliphatic heterocycles. The zero-order chi connectivity index (χ0) is 11.3. The summed E-state index contributed by atoms with van der Waals surface area (Å²) in [4.78, 5) is 13.2. The van der Waals surface area contributed by atoms with E-state index in [1.807, 2.05) is 0 Å². The number of rotatable bonds is 4. The molecule has 1 fully saturated rings. The van der Waals surface area contributed by atoms with Gasteiger partial charge in [0.1, 0.15) is 0 Å². The molecule has 0 bridgehead atoms. The van der Waals surface area contributed by atoms with Crippen LogP contribution >= 0.6 is 0 Å². The van der Waals surface area contributed by atoms with E-state index < -0.39 is 5.97 Å². The van der Waals surface area contributed by atoms with E-state index in [1.54, 1.807) is 0 Å². The van der Waals surface area contributed by atoms with E-state index >= 15 is 0 Å². The zero-order valence-electron chi connectivity index (χ0n) is 9.70. The molecule has 0 aliphatic carbocycles. The summed E-state index contributed by atoms with van der Waals surface area (Å²) in [6.45, 7) is 7.54. The highest BCUT2D eigenvalue weighted by Gasteiger charge is 2.25. The number of carboxylic acid groups (broad SMARTS) is 1. The molecule has 0 spiro atoms. The molecule has 15 heavy (non-hydrogen) atoms. The van der Waals surface area contributed by atoms with Crippen molar-refractivity contribution in [1.29, 1.82) is 0 Å². The summed E-state index contributed by atoms with van der Waals surface area (Å²) < 4.78 is 0. The van der Waals surface area contributed by atoms with Crippen LogP contribution in [0.4, 0.5) is 0 Å². The van der Waals surface area contributed by atoms with Crippen molar-refractivity contribution in [2.75, 3.05) is 26.2 Å². The number of nitrogens with zero attached hydrogens (tertiary/aromatic N) is 1. The highest BCUT2D eigenvalue weighted by molar-refractivity contribution is 5.70. The average Bonchev–Trinajstić information content (AvgIpc) is 2.37. The number of unbranched alkanes of at least 4 members (excludes halogenated alkanes) is 1. The van der Waals surface area contributed by atoms with Crippen molar-refractivity contribution < 1.29 is 9.90 Å². The van der Waals surface area contributed by atoms with Crippen LogP contribution in [0.5, 0.6) is 0 Å². The second-order valence-corrected chi connectivity index (χ2v) is 4.46. The minimum Gasteiger partial charge on any atom is -0.481 e. The number of hydrogen-bond acceptors (Lipinski definition) is 3. The lowest BCUT2D eigenvalue weighted by atomic mass is 10.1. The van der Waals surface area contributed by atoms with Gasteiger partial charge in [-0.1, -0.05) is 13.3 Å². The molecule has 1 rings (SSSR count). The number of carbonyl (C=O) groups is 1. The molecule has 2 unspecified atom stereocenters. The molecule has 4 heteroatoms. The predicted molar refractivity (Wildman–Crippen MR) is 59.9 cm³/mol. The lowest BCUT2D eigenvalue weighted by molar-refractivity contribution is -0.141. The van der Waals surface area contributed by atoms with E-state index in [-0.39, 0.29) is 5.92 Å². The second kappa shape index (κ2) is 6.08. The minimum absolute atomic E-state index is 0.258. The number of nitrogens with one attached hydrogen (secondary N) is 1. The first-order valence-corrected chi connectivity index (χ1v) is 5.82. The third kappa shape index (κ3) is 4.18. The fourth-order valence-corrected chi connectivity index (χ4v) is 1.98. The van der Waals surface area contributed by atoms with E-state index in [0.717, 1.165) is 25.9 Å². The molecule has 0 radical (unpaired) electrons. The Labute approximate surface area is 91.6 Å². The summed E-state index contributed by atoms with van der Waals surface area (Å²) in [7, 11) is 0. The standard InChI is InChI=1S/C11H22N2O2/c1-3-4-5-13-7-9(2)12-6-10(8-13)11(14)15/h9-10,12H,3-8H2,1-2H3,(H,14,15). The van der Waals surface area contributed by atoms with Crippen LogP contribution in [0.1, 0.15) is 26.7 Å². The van der Waals surface area contributed by atoms with Gasteiger partial charge in [0.2, 0.25) is 0 Å². The van der Waals surface area contributed by atoms with Gasteiger partial charge in [-0.15, -0.1) is 0 Å². The molecule has 1 saturated heterocycles. The third-order valence-corrected chi connectivity index (χ3v) is 2.90. The quantitative estimate of drug-likeness (QED) is 0.726. The van der Waals surface area contributed by atoms with Gasteiger partial charge in [-0.2, -0.15) is 0 Å². The molecule has 0 aromatic heterocycles. The van der Waals surface area contributed by atoms with E-state index in [2.05, 4.69) is 24.1 Å². The highest BCUT2D eigenvalue weighted by Crippen LogP contribution is 2.08. The predicted octanol–water partition coefficient (Wildman–Crippen LogP) is 0.781. The van der Waals surface area contributed by atoms with Crippen molar-refractivity contribution in [3.8, 4) is 0 Å². The van der Waals surface area contributed by atoms with Crippen LogP contribution in [0.25, 0.3) is 0 Å². The molecule has 2 N–H and O–H groups in total. The van der Waals surface area contributed by atoms with E-state index in [4.69, 9.17) is 5.11 Å². The summed E-state index contributed by atoms with van der Waals surface area (Å²) in [5, 5.41) is 12.3. The molecular weight excluding hydrogens is 192 g/mol. The Kier molecular flexibility index (Phi) is 5.05. The number of carboxylic acids is 1. The maximum absolute atomic E-state index is 11.0. The molecule has 0 saturated carbocycles. The maximum atomic E-state index is 11.0. The first kappa shape index (κ1) is 12.5. The maximum Gasteiger partial charge on any atom is 0.309 e. The van der Waals surface area contributed by atoms with Crippen LogP contribution in [0, 0.1) is 5.92 Å². The highest BCUT2D eigenvalue weighted by atomic mass is 16.4. The van der Waals surface area contributed by atoms with Gasteiger partial charge in [0.25, 0.3) is 0 Å². The topological polar surface area (TPSA) is 52.6 Å². The van der Waals surface area contributed by atoms with Crippen LogP contribution in [0.2, 0.25) is 0 Å². The molecule has 1 heterocycles. The molecule has 0 amide bonds. The van der Waals surface area contributed by atoms with Crippen LogP contribution in [0.3, 0.4) is 0 Å². The molecule has 0 aromatic rings. The van der Waals surface area contributed by atoms with Gasteiger partial charge in [-0.25, -0.2) is 0 Å². The Bertz CT molecular complexity index is 209. The van der Waals surface area contributed by atoms with Crippen LogP contribution in [-0.4, -0.2) is 48.2 Å². The van der Waals surface area contributed by atoms with E-state index in [1.165, 1.54) is 0 Å². The van der Waals surface area contributed by atoms with E-state index in [9.17, 15) is 4.79 Å². The lowest BCUT2D eigenvalue weighted by Crippen LogP contribution is -2.35. The molecule has 2 atom stereocenters. The summed E-state index contributed by atoms with van der Waals surface area (Å²) >= 11 is 0. The Morgan fingerprint density at radius 1 is 1.53 bits per heavy atom. The van der Waals surface area contributed by atoms with Crippen molar-refractivity contribution in [3.05, 3.63) is 0 Å². The zero-order valence-corrected chi connectivity index (χ0v) is 9.70. The fraction of sp³-hybridized carbons (Fsp3) is 0.909. The number of aliphatic carboxylic acids is 1. The van der Waals surface area contributed by atoms with Crippen molar-refractivity contribution in [2.45, 2.75) is 32.7 Å². The summed E-state index contributed by atoms with van der Waals surface area (Å²) in [5.41, 5.74) is 0. The van der Waals surface area contributed by atoms with Gasteiger partial charge in [-0.3, -0.25) is 4.79 Å². The van der Waals surface area contributed by atoms with Crippen molar-refractivity contribution >= 4 is 5.97 Å². The van der Waals surface area contributed by atoms with Crippen LogP contribution < -0.4 is 5.32 Å². The first-order valence-electron chi connectivity index (χ1n) is 5.82. The molecule has 88 valence electrons. The van der Waals surface area contributed by atoms with Crippen molar-refractivity contribution in [2.24, 2.45) is 5.92 Å². The summed E-state index contributed by atoms with van der Waals surface area (Å²) in [6.07, 6.45) is 2.31. The van der Waals surface area contributed by atoms with E-state index in [0.29, 0.717) is 19.1 Å². The van der Waals surface area contributed by atoms with Crippen molar-refractivity contribution in [1.82, 2.24) is 10.2 Å². The lowest BCUT2D eigenvalue weighted by Gasteiger charge is -2.23. The van der Waals surface area contributed by atoms with Gasteiger partial charge in [0, 0.05) is 25.7 Å². The molecule has 1 aliphatic rings. The molecule has 0 aromatic carbocycles. The normalized spacial score (nSPS) is 28.7. The smallest absolute Gasteiger partial charge is 0.309 e. The summed E-state index contributed by atoms with van der Waals surface area (Å²) in [6, 6.07) is 0.395. The van der Waals surface area contributed by atoms with Crippen LogP contribution in [0.15, 0.2) is 0 Å². The summed E-state index contributed by atoms with van der Waals surface area (Å²) in [5.74, 6) is -0.940. The Balaban J connectivity index is 2.49. The van der Waals surface area contributed by atoms with Crippen LogP contribution in [-0.2, 0) is 4.79 Å². The van der Waals surface area contributed by atoms with Crippen molar-refractivity contribution in [3.63, 3.8) is 0 Å².